The summed E-state index contributed by atoms with van der Waals surface area (Å²) >= 11 is 0. The van der Waals surface area contributed by atoms with Crippen LogP contribution in [0.5, 0.6) is 11.5 Å². The standard InChI is InChI=1S/C24H33N3O5S/c1-5-7-8-13-26-14-15-27(24(26)28)20-9-11-21(12-10-20)33(29,30)25-19-16-18(6-2)23(32-4)22(17-19)31-3/h9-12,16-17,25H,5-8,13-15H2,1-4H3. The van der Waals surface area contributed by atoms with Crippen molar-refractivity contribution in [1.29, 1.82) is 0 Å². The molecule has 0 saturated carbocycles. The number of benzene rings is 2. The summed E-state index contributed by atoms with van der Waals surface area (Å²) in [5.74, 6) is 1.05. The summed E-state index contributed by atoms with van der Waals surface area (Å²) in [5, 5.41) is 0. The maximum atomic E-state index is 13.0. The maximum absolute atomic E-state index is 13.0. The van der Waals surface area contributed by atoms with Crippen LogP contribution in [0, 0.1) is 0 Å². The Morgan fingerprint density at radius 1 is 1.00 bits per heavy atom. The fraction of sp³-hybridized carbons (Fsp3) is 0.458. The van der Waals surface area contributed by atoms with E-state index in [0.29, 0.717) is 42.4 Å². The third kappa shape index (κ3) is 5.52. The SMILES string of the molecule is CCCCCN1CCN(c2ccc(S(=O)(=O)Nc3cc(CC)c(OC)c(OC)c3)cc2)C1=O. The number of nitrogens with zero attached hydrogens (tertiary/aromatic N) is 2. The number of anilines is 2. The first kappa shape index (κ1) is 24.7. The zero-order valence-electron chi connectivity index (χ0n) is 19.8. The van der Waals surface area contributed by atoms with Crippen LogP contribution in [0.2, 0.25) is 0 Å². The van der Waals surface area contributed by atoms with Gasteiger partial charge in [-0.15, -0.1) is 0 Å². The van der Waals surface area contributed by atoms with Crippen molar-refractivity contribution in [1.82, 2.24) is 4.90 Å². The molecule has 1 fully saturated rings. The second-order valence-electron chi connectivity index (χ2n) is 7.95. The normalized spacial score (nSPS) is 14.0. The highest BCUT2D eigenvalue weighted by Gasteiger charge is 2.29. The molecule has 0 aliphatic carbocycles. The van der Waals surface area contributed by atoms with Gasteiger partial charge in [-0.2, -0.15) is 0 Å². The topological polar surface area (TPSA) is 88.2 Å². The van der Waals surface area contributed by atoms with Crippen LogP contribution < -0.4 is 19.1 Å². The number of aryl methyl sites for hydroxylation is 1. The molecule has 0 spiro atoms. The monoisotopic (exact) mass is 475 g/mol. The van der Waals surface area contributed by atoms with Crippen LogP contribution in [0.4, 0.5) is 16.2 Å². The molecule has 2 amide bonds. The van der Waals surface area contributed by atoms with Crippen molar-refractivity contribution in [2.24, 2.45) is 0 Å². The third-order valence-electron chi connectivity index (χ3n) is 5.77. The molecule has 9 heteroatoms. The van der Waals surface area contributed by atoms with Crippen LogP contribution in [0.25, 0.3) is 0 Å². The van der Waals surface area contributed by atoms with Crippen LogP contribution >= 0.6 is 0 Å². The number of hydrogen-bond acceptors (Lipinski definition) is 5. The van der Waals surface area contributed by atoms with Gasteiger partial charge in [0.15, 0.2) is 11.5 Å². The zero-order valence-corrected chi connectivity index (χ0v) is 20.6. The summed E-state index contributed by atoms with van der Waals surface area (Å²) in [5.41, 5.74) is 1.92. The average molecular weight is 476 g/mol. The summed E-state index contributed by atoms with van der Waals surface area (Å²) in [6.45, 7) is 6.13. The van der Waals surface area contributed by atoms with E-state index in [9.17, 15) is 13.2 Å². The molecule has 33 heavy (non-hydrogen) atoms. The third-order valence-corrected chi connectivity index (χ3v) is 7.17. The molecule has 0 atom stereocenters. The van der Waals surface area contributed by atoms with E-state index >= 15 is 0 Å². The Morgan fingerprint density at radius 3 is 2.33 bits per heavy atom. The Hall–Kier alpha value is -2.94. The van der Waals surface area contributed by atoms with Crippen LogP contribution in [0.1, 0.15) is 38.7 Å². The molecule has 8 nitrogen and oxygen atoms in total. The second kappa shape index (κ2) is 10.8. The van der Waals surface area contributed by atoms with Gasteiger partial charge in [-0.25, -0.2) is 13.2 Å². The summed E-state index contributed by atoms with van der Waals surface area (Å²) in [7, 11) is -0.756. The van der Waals surface area contributed by atoms with Crippen LogP contribution in [0.3, 0.4) is 0 Å². The van der Waals surface area contributed by atoms with E-state index in [1.54, 1.807) is 36.3 Å². The lowest BCUT2D eigenvalue weighted by Gasteiger charge is -2.19. The quantitative estimate of drug-likeness (QED) is 0.484. The van der Waals surface area contributed by atoms with Gasteiger partial charge in [0.1, 0.15) is 0 Å². The van der Waals surface area contributed by atoms with E-state index in [-0.39, 0.29) is 10.9 Å². The summed E-state index contributed by atoms with van der Waals surface area (Å²) in [6, 6.07) is 9.70. The number of methoxy groups -OCH3 is 2. The van der Waals surface area contributed by atoms with Crippen molar-refractivity contribution in [3.8, 4) is 11.5 Å². The summed E-state index contributed by atoms with van der Waals surface area (Å²) in [6.07, 6.45) is 3.86. The molecular weight excluding hydrogens is 442 g/mol. The number of carbonyl (C=O) groups excluding carboxylic acids is 1. The van der Waals surface area contributed by atoms with E-state index in [0.717, 1.165) is 31.4 Å². The minimum atomic E-state index is -3.82. The van der Waals surface area contributed by atoms with E-state index in [2.05, 4.69) is 11.6 Å². The van der Waals surface area contributed by atoms with Crippen molar-refractivity contribution in [2.75, 3.05) is 43.5 Å². The molecule has 1 aliphatic heterocycles. The molecule has 1 saturated heterocycles. The largest absolute Gasteiger partial charge is 0.493 e. The molecule has 2 aromatic carbocycles. The highest BCUT2D eigenvalue weighted by molar-refractivity contribution is 7.92. The second-order valence-corrected chi connectivity index (χ2v) is 9.63. The van der Waals surface area contributed by atoms with Crippen molar-refractivity contribution in [3.05, 3.63) is 42.0 Å². The van der Waals surface area contributed by atoms with Gasteiger partial charge in [0, 0.05) is 31.4 Å². The van der Waals surface area contributed by atoms with E-state index < -0.39 is 10.0 Å². The number of urea groups is 1. The Bertz CT molecular complexity index is 1050. The average Bonchev–Trinajstić information content (AvgIpc) is 3.18. The number of rotatable bonds is 11. The van der Waals surface area contributed by atoms with Crippen LogP contribution in [-0.2, 0) is 16.4 Å². The number of unbranched alkanes of at least 4 members (excludes halogenated alkanes) is 2. The highest BCUT2D eigenvalue weighted by atomic mass is 32.2. The number of nitrogens with one attached hydrogen (secondary N) is 1. The minimum absolute atomic E-state index is 0.0303. The van der Waals surface area contributed by atoms with Gasteiger partial charge in [-0.05, 0) is 48.7 Å². The van der Waals surface area contributed by atoms with Crippen molar-refractivity contribution in [3.63, 3.8) is 0 Å². The van der Waals surface area contributed by atoms with Gasteiger partial charge < -0.3 is 14.4 Å². The summed E-state index contributed by atoms with van der Waals surface area (Å²) < 4.78 is 39.3. The van der Waals surface area contributed by atoms with Crippen LogP contribution in [0.15, 0.2) is 41.3 Å². The molecular formula is C24H33N3O5S. The van der Waals surface area contributed by atoms with Gasteiger partial charge in [0.05, 0.1) is 24.8 Å². The minimum Gasteiger partial charge on any atom is -0.493 e. The number of hydrogen-bond donors (Lipinski definition) is 1. The van der Waals surface area contributed by atoms with Crippen molar-refractivity contribution < 1.29 is 22.7 Å². The molecule has 0 radical (unpaired) electrons. The number of ether oxygens (including phenoxy) is 2. The first-order valence-electron chi connectivity index (χ1n) is 11.3. The molecule has 0 unspecified atom stereocenters. The molecule has 0 aromatic heterocycles. The Kier molecular flexibility index (Phi) is 8.07. The van der Waals surface area contributed by atoms with Crippen LogP contribution in [-0.4, -0.2) is 53.2 Å². The highest BCUT2D eigenvalue weighted by Crippen LogP contribution is 2.35. The smallest absolute Gasteiger partial charge is 0.324 e. The number of amides is 2. The predicted octanol–water partition coefficient (Wildman–Crippen LogP) is 4.50. The zero-order chi connectivity index (χ0) is 24.0. The van der Waals surface area contributed by atoms with Gasteiger partial charge in [0.2, 0.25) is 0 Å². The van der Waals surface area contributed by atoms with E-state index in [1.165, 1.54) is 19.2 Å². The Balaban J connectivity index is 1.75. The lowest BCUT2D eigenvalue weighted by Crippen LogP contribution is -2.32. The molecule has 2 aromatic rings. The fourth-order valence-electron chi connectivity index (χ4n) is 3.97. The Labute approximate surface area is 196 Å². The number of sulfonamides is 1. The van der Waals surface area contributed by atoms with E-state index in [1.807, 2.05) is 11.8 Å². The van der Waals surface area contributed by atoms with Gasteiger partial charge in [0.25, 0.3) is 10.0 Å². The van der Waals surface area contributed by atoms with Gasteiger partial charge in [-0.3, -0.25) is 9.62 Å². The molecule has 0 bridgehead atoms. The molecule has 1 heterocycles. The maximum Gasteiger partial charge on any atom is 0.324 e. The number of carbonyl (C=O) groups is 1. The van der Waals surface area contributed by atoms with Crippen molar-refractivity contribution in [2.45, 2.75) is 44.4 Å². The van der Waals surface area contributed by atoms with Gasteiger partial charge in [-0.1, -0.05) is 26.7 Å². The molecule has 1 N–H and O–H groups in total. The van der Waals surface area contributed by atoms with Gasteiger partial charge >= 0.3 is 6.03 Å². The lowest BCUT2D eigenvalue weighted by molar-refractivity contribution is 0.219. The Morgan fingerprint density at radius 2 is 1.73 bits per heavy atom. The molecule has 1 aliphatic rings. The van der Waals surface area contributed by atoms with E-state index in [4.69, 9.17) is 9.47 Å². The summed E-state index contributed by atoms with van der Waals surface area (Å²) in [4.78, 5) is 16.4. The molecule has 180 valence electrons. The van der Waals surface area contributed by atoms with Crippen molar-refractivity contribution >= 4 is 27.4 Å². The predicted molar refractivity (Wildman–Crippen MR) is 130 cm³/mol. The first-order valence-corrected chi connectivity index (χ1v) is 12.8. The first-order chi connectivity index (χ1) is 15.8. The fourth-order valence-corrected chi connectivity index (χ4v) is 5.01. The lowest BCUT2D eigenvalue weighted by atomic mass is 10.1. The molecule has 3 rings (SSSR count).